The maximum absolute atomic E-state index is 12.3. The third-order valence-corrected chi connectivity index (χ3v) is 3.58. The van der Waals surface area contributed by atoms with Crippen LogP contribution in [-0.2, 0) is 13.6 Å². The zero-order valence-electron chi connectivity index (χ0n) is 13.2. The molecule has 1 N–H and O–H groups in total. The van der Waals surface area contributed by atoms with E-state index in [-0.39, 0.29) is 11.5 Å². The Morgan fingerprint density at radius 3 is 2.71 bits per heavy atom. The summed E-state index contributed by atoms with van der Waals surface area (Å²) >= 11 is 0. The molecule has 2 heterocycles. The first-order chi connectivity index (χ1) is 11.6. The van der Waals surface area contributed by atoms with Gasteiger partial charge in [-0.1, -0.05) is 30.3 Å². The average molecular weight is 323 g/mol. The summed E-state index contributed by atoms with van der Waals surface area (Å²) in [5.41, 5.74) is 1.96. The molecule has 1 amide bonds. The number of hydrogen-bond acceptors (Lipinski definition) is 4. The van der Waals surface area contributed by atoms with E-state index in [0.29, 0.717) is 18.8 Å². The van der Waals surface area contributed by atoms with Crippen molar-refractivity contribution >= 4 is 5.91 Å². The fraction of sp³-hybridized carbons (Fsp3) is 0.176. The summed E-state index contributed by atoms with van der Waals surface area (Å²) in [5.74, 6) is -0.240. The third-order valence-electron chi connectivity index (χ3n) is 3.58. The van der Waals surface area contributed by atoms with E-state index in [1.165, 1.54) is 16.9 Å². The van der Waals surface area contributed by atoms with E-state index in [2.05, 4.69) is 15.5 Å². The van der Waals surface area contributed by atoms with Crippen LogP contribution >= 0.6 is 0 Å². The standard InChI is InChI=1S/C17H17N5O2/c1-21-15(12-14(20-21)13-6-3-2-4-7-13)17(24)18-10-11-22-16(23)8-5-9-19-22/h2-9,12H,10-11H2,1H3,(H,18,24). The van der Waals surface area contributed by atoms with E-state index in [4.69, 9.17) is 0 Å². The lowest BCUT2D eigenvalue weighted by atomic mass is 10.1. The van der Waals surface area contributed by atoms with E-state index in [1.54, 1.807) is 23.9 Å². The lowest BCUT2D eigenvalue weighted by molar-refractivity contribution is 0.0942. The van der Waals surface area contributed by atoms with Crippen LogP contribution in [0.5, 0.6) is 0 Å². The van der Waals surface area contributed by atoms with Crippen LogP contribution in [0.4, 0.5) is 0 Å². The highest BCUT2D eigenvalue weighted by atomic mass is 16.2. The average Bonchev–Trinajstić information content (AvgIpc) is 2.99. The number of aryl methyl sites for hydroxylation is 1. The summed E-state index contributed by atoms with van der Waals surface area (Å²) in [6.45, 7) is 0.621. The number of benzene rings is 1. The Morgan fingerprint density at radius 1 is 1.17 bits per heavy atom. The van der Waals surface area contributed by atoms with Crippen LogP contribution in [0.1, 0.15) is 10.5 Å². The predicted molar refractivity (Wildman–Crippen MR) is 89.5 cm³/mol. The van der Waals surface area contributed by atoms with Crippen molar-refractivity contribution in [1.82, 2.24) is 24.9 Å². The number of aromatic nitrogens is 4. The molecular formula is C17H17N5O2. The van der Waals surface area contributed by atoms with Crippen molar-refractivity contribution in [2.75, 3.05) is 6.54 Å². The molecule has 0 aliphatic heterocycles. The van der Waals surface area contributed by atoms with Crippen molar-refractivity contribution in [2.24, 2.45) is 7.05 Å². The Balaban J connectivity index is 1.66. The molecule has 0 fully saturated rings. The van der Waals surface area contributed by atoms with Gasteiger partial charge < -0.3 is 5.32 Å². The van der Waals surface area contributed by atoms with Gasteiger partial charge in [0, 0.05) is 31.4 Å². The van der Waals surface area contributed by atoms with Gasteiger partial charge in [0.1, 0.15) is 5.69 Å². The number of hydrogen-bond donors (Lipinski definition) is 1. The van der Waals surface area contributed by atoms with Gasteiger partial charge in [-0.15, -0.1) is 0 Å². The summed E-state index contributed by atoms with van der Waals surface area (Å²) in [7, 11) is 1.73. The minimum absolute atomic E-state index is 0.196. The van der Waals surface area contributed by atoms with E-state index in [9.17, 15) is 9.59 Å². The van der Waals surface area contributed by atoms with Crippen molar-refractivity contribution in [2.45, 2.75) is 6.54 Å². The summed E-state index contributed by atoms with van der Waals surface area (Å²) < 4.78 is 2.85. The molecule has 0 saturated heterocycles. The molecule has 0 unspecified atom stereocenters. The smallest absolute Gasteiger partial charge is 0.269 e. The second-order valence-electron chi connectivity index (χ2n) is 5.25. The second kappa shape index (κ2) is 6.91. The van der Waals surface area contributed by atoms with E-state index in [1.807, 2.05) is 30.3 Å². The number of amides is 1. The van der Waals surface area contributed by atoms with Crippen LogP contribution < -0.4 is 10.9 Å². The predicted octanol–water partition coefficient (Wildman–Crippen LogP) is 1.07. The highest BCUT2D eigenvalue weighted by molar-refractivity contribution is 5.93. The van der Waals surface area contributed by atoms with Gasteiger partial charge in [-0.2, -0.15) is 10.2 Å². The number of nitrogens with zero attached hydrogens (tertiary/aromatic N) is 4. The number of carbonyl (C=O) groups is 1. The summed E-state index contributed by atoms with van der Waals surface area (Å²) in [6, 6.07) is 14.4. The van der Waals surface area contributed by atoms with Crippen molar-refractivity contribution in [3.05, 3.63) is 70.8 Å². The molecular weight excluding hydrogens is 306 g/mol. The van der Waals surface area contributed by atoms with Crippen LogP contribution in [0.15, 0.2) is 59.5 Å². The van der Waals surface area contributed by atoms with Crippen molar-refractivity contribution in [1.29, 1.82) is 0 Å². The topological polar surface area (TPSA) is 81.8 Å². The summed E-state index contributed by atoms with van der Waals surface area (Å²) in [6.07, 6.45) is 1.54. The quantitative estimate of drug-likeness (QED) is 0.761. The molecule has 2 aromatic heterocycles. The maximum Gasteiger partial charge on any atom is 0.269 e. The number of rotatable bonds is 5. The molecule has 24 heavy (non-hydrogen) atoms. The lowest BCUT2D eigenvalue weighted by Crippen LogP contribution is -2.32. The molecule has 0 atom stereocenters. The lowest BCUT2D eigenvalue weighted by Gasteiger charge is -2.06. The molecule has 3 aromatic rings. The normalized spacial score (nSPS) is 10.5. The minimum atomic E-state index is -0.240. The van der Waals surface area contributed by atoms with Crippen molar-refractivity contribution < 1.29 is 4.79 Å². The zero-order chi connectivity index (χ0) is 16.9. The van der Waals surface area contributed by atoms with E-state index in [0.717, 1.165) is 11.3 Å². The molecule has 0 aliphatic rings. The minimum Gasteiger partial charge on any atom is -0.349 e. The van der Waals surface area contributed by atoms with Gasteiger partial charge in [-0.25, -0.2) is 4.68 Å². The van der Waals surface area contributed by atoms with Gasteiger partial charge >= 0.3 is 0 Å². The van der Waals surface area contributed by atoms with Crippen molar-refractivity contribution in [3.63, 3.8) is 0 Å². The summed E-state index contributed by atoms with van der Waals surface area (Å²) in [4.78, 5) is 23.9. The van der Waals surface area contributed by atoms with Crippen LogP contribution in [-0.4, -0.2) is 32.0 Å². The molecule has 0 saturated carbocycles. The van der Waals surface area contributed by atoms with Gasteiger partial charge in [-0.3, -0.25) is 14.3 Å². The number of carbonyl (C=O) groups excluding carboxylic acids is 1. The molecule has 3 rings (SSSR count). The molecule has 7 nitrogen and oxygen atoms in total. The first-order valence-electron chi connectivity index (χ1n) is 7.55. The van der Waals surface area contributed by atoms with Gasteiger partial charge in [0.25, 0.3) is 11.5 Å². The Morgan fingerprint density at radius 2 is 1.96 bits per heavy atom. The molecule has 0 spiro atoms. The Bertz CT molecular complexity index is 899. The Kier molecular flexibility index (Phi) is 4.51. The maximum atomic E-state index is 12.3. The van der Waals surface area contributed by atoms with Crippen molar-refractivity contribution in [3.8, 4) is 11.3 Å². The molecule has 0 aliphatic carbocycles. The van der Waals surface area contributed by atoms with Gasteiger partial charge in [-0.05, 0) is 12.1 Å². The Labute approximate surface area is 138 Å². The highest BCUT2D eigenvalue weighted by Crippen LogP contribution is 2.18. The van der Waals surface area contributed by atoms with Gasteiger partial charge in [0.15, 0.2) is 0 Å². The van der Waals surface area contributed by atoms with Crippen LogP contribution in [0.3, 0.4) is 0 Å². The van der Waals surface area contributed by atoms with E-state index >= 15 is 0 Å². The van der Waals surface area contributed by atoms with Crippen LogP contribution in [0, 0.1) is 0 Å². The number of nitrogens with one attached hydrogen (secondary N) is 1. The fourth-order valence-electron chi connectivity index (χ4n) is 2.35. The van der Waals surface area contributed by atoms with Crippen LogP contribution in [0.2, 0.25) is 0 Å². The zero-order valence-corrected chi connectivity index (χ0v) is 13.2. The first kappa shape index (κ1) is 15.7. The summed E-state index contributed by atoms with van der Waals surface area (Å²) in [5, 5.41) is 11.1. The molecule has 1 aromatic carbocycles. The molecule has 122 valence electrons. The molecule has 0 radical (unpaired) electrons. The third kappa shape index (κ3) is 3.40. The van der Waals surface area contributed by atoms with Gasteiger partial charge in [0.2, 0.25) is 0 Å². The highest BCUT2D eigenvalue weighted by Gasteiger charge is 2.13. The second-order valence-corrected chi connectivity index (χ2v) is 5.25. The Hall–Kier alpha value is -3.22. The van der Waals surface area contributed by atoms with Gasteiger partial charge in [0.05, 0.1) is 12.2 Å². The van der Waals surface area contributed by atoms with Crippen LogP contribution in [0.25, 0.3) is 11.3 Å². The first-order valence-corrected chi connectivity index (χ1v) is 7.55. The SMILES string of the molecule is Cn1nc(-c2ccccc2)cc1C(=O)NCCn1ncccc1=O. The fourth-order valence-corrected chi connectivity index (χ4v) is 2.35. The largest absolute Gasteiger partial charge is 0.349 e. The molecule has 0 bridgehead atoms. The monoisotopic (exact) mass is 323 g/mol. The van der Waals surface area contributed by atoms with E-state index < -0.39 is 0 Å². The molecule has 7 heteroatoms.